The third-order valence-corrected chi connectivity index (χ3v) is 2.92. The predicted molar refractivity (Wildman–Crippen MR) is 87.7 cm³/mol. The fourth-order valence-corrected chi connectivity index (χ4v) is 1.97. The van der Waals surface area contributed by atoms with Gasteiger partial charge >= 0.3 is 0 Å². The van der Waals surface area contributed by atoms with E-state index in [9.17, 15) is 4.39 Å². The molecule has 2 aromatic carbocycles. The molecule has 0 atom stereocenters. The number of hydrogen-bond acceptors (Lipinski definition) is 2. The van der Waals surface area contributed by atoms with Crippen molar-refractivity contribution in [3.63, 3.8) is 0 Å². The van der Waals surface area contributed by atoms with E-state index in [1.807, 2.05) is 6.07 Å². The zero-order valence-corrected chi connectivity index (χ0v) is 12.9. The van der Waals surface area contributed by atoms with E-state index in [2.05, 4.69) is 25.9 Å². The van der Waals surface area contributed by atoms with Gasteiger partial charge in [-0.3, -0.25) is 0 Å². The average Bonchev–Trinajstić information content (AvgIpc) is 2.41. The second kappa shape index (κ2) is 6.90. The minimum atomic E-state index is -0.585. The quantitative estimate of drug-likeness (QED) is 0.573. The number of guanidine groups is 2. The summed E-state index contributed by atoms with van der Waals surface area (Å²) in [6.45, 7) is 0. The Kier molecular flexibility index (Phi) is 4.95. The van der Waals surface area contributed by atoms with Gasteiger partial charge in [0, 0.05) is 10.5 Å². The third-order valence-electron chi connectivity index (χ3n) is 2.43. The van der Waals surface area contributed by atoms with Crippen molar-refractivity contribution in [1.82, 2.24) is 0 Å². The van der Waals surface area contributed by atoms with Crippen LogP contribution in [0.15, 0.2) is 56.9 Å². The van der Waals surface area contributed by atoms with Gasteiger partial charge in [0.1, 0.15) is 5.75 Å². The Morgan fingerprint density at radius 3 is 2.50 bits per heavy atom. The van der Waals surface area contributed by atoms with Crippen molar-refractivity contribution in [1.29, 1.82) is 0 Å². The first-order valence-corrected chi connectivity index (χ1v) is 6.90. The van der Waals surface area contributed by atoms with Crippen molar-refractivity contribution in [2.45, 2.75) is 0 Å². The lowest BCUT2D eigenvalue weighted by molar-refractivity contribution is 0.442. The molecule has 0 unspecified atom stereocenters. The second-order valence-corrected chi connectivity index (χ2v) is 5.10. The van der Waals surface area contributed by atoms with E-state index in [4.69, 9.17) is 21.9 Å². The predicted octanol–water partition coefficient (Wildman–Crippen LogP) is 2.60. The normalized spacial score (nSPS) is 11.1. The summed E-state index contributed by atoms with van der Waals surface area (Å²) in [7, 11) is 0. The molecule has 0 aliphatic rings. The van der Waals surface area contributed by atoms with Gasteiger partial charge in [0.15, 0.2) is 17.5 Å². The van der Waals surface area contributed by atoms with Crippen LogP contribution < -0.4 is 21.9 Å². The summed E-state index contributed by atoms with van der Waals surface area (Å²) in [5, 5.41) is 0. The Morgan fingerprint density at radius 1 is 1.09 bits per heavy atom. The fourth-order valence-electron chi connectivity index (χ4n) is 1.59. The monoisotopic (exact) mass is 365 g/mol. The Balaban J connectivity index is 2.21. The molecule has 0 saturated heterocycles. The Bertz CT molecular complexity index is 744. The molecule has 2 rings (SSSR count). The summed E-state index contributed by atoms with van der Waals surface area (Å²) >= 11 is 3.31. The summed E-state index contributed by atoms with van der Waals surface area (Å²) < 4.78 is 20.3. The molecule has 0 fully saturated rings. The van der Waals surface area contributed by atoms with Crippen LogP contribution in [-0.2, 0) is 0 Å². The van der Waals surface area contributed by atoms with Gasteiger partial charge in [0.05, 0.1) is 5.69 Å². The molecule has 0 aromatic heterocycles. The van der Waals surface area contributed by atoms with Gasteiger partial charge < -0.3 is 21.9 Å². The minimum Gasteiger partial charge on any atom is -0.454 e. The Morgan fingerprint density at radius 2 is 1.86 bits per heavy atom. The summed E-state index contributed by atoms with van der Waals surface area (Å²) in [6.07, 6.45) is 0. The van der Waals surface area contributed by atoms with Crippen LogP contribution in [-0.4, -0.2) is 11.9 Å². The molecule has 8 heteroatoms. The first-order chi connectivity index (χ1) is 10.4. The van der Waals surface area contributed by atoms with Crippen molar-refractivity contribution in [2.75, 3.05) is 0 Å². The van der Waals surface area contributed by atoms with Crippen molar-refractivity contribution in [3.8, 4) is 11.5 Å². The van der Waals surface area contributed by atoms with Crippen molar-refractivity contribution in [2.24, 2.45) is 27.2 Å². The molecule has 0 radical (unpaired) electrons. The first-order valence-electron chi connectivity index (χ1n) is 6.11. The topological polar surface area (TPSA) is 112 Å². The third kappa shape index (κ3) is 4.45. The lowest BCUT2D eigenvalue weighted by atomic mass is 10.3. The molecule has 0 aliphatic heterocycles. The molecular weight excluding hydrogens is 353 g/mol. The molecule has 2 aromatic rings. The standard InChI is InChI=1S/C14H13BrFN5O/c15-8-2-1-3-10(6-8)22-12-5-4-9(7-11(12)16)20-14(19)21-13(17)18/h1-7H,(H6,17,18,19,20,21). The van der Waals surface area contributed by atoms with Gasteiger partial charge in [0.2, 0.25) is 5.96 Å². The highest BCUT2D eigenvalue weighted by Crippen LogP contribution is 2.29. The molecule has 0 aliphatic carbocycles. The Labute approximate surface area is 134 Å². The summed E-state index contributed by atoms with van der Waals surface area (Å²) in [5.74, 6) is -0.405. The maximum atomic E-state index is 14.0. The maximum Gasteiger partial charge on any atom is 0.223 e. The summed E-state index contributed by atoms with van der Waals surface area (Å²) in [6, 6.07) is 11.2. The molecule has 0 saturated carbocycles. The molecular formula is C14H13BrFN5O. The highest BCUT2D eigenvalue weighted by molar-refractivity contribution is 9.10. The van der Waals surface area contributed by atoms with Gasteiger partial charge in [-0.2, -0.15) is 4.99 Å². The van der Waals surface area contributed by atoms with Crippen LogP contribution in [0.5, 0.6) is 11.5 Å². The van der Waals surface area contributed by atoms with Crippen molar-refractivity contribution < 1.29 is 9.13 Å². The average molecular weight is 366 g/mol. The summed E-state index contributed by atoms with van der Waals surface area (Å²) in [5.41, 5.74) is 16.1. The number of aliphatic imine (C=N–C) groups is 2. The van der Waals surface area contributed by atoms with Crippen LogP contribution in [0.2, 0.25) is 0 Å². The zero-order valence-electron chi connectivity index (χ0n) is 11.3. The zero-order chi connectivity index (χ0) is 16.1. The molecule has 0 bridgehead atoms. The lowest BCUT2D eigenvalue weighted by Crippen LogP contribution is -2.26. The van der Waals surface area contributed by atoms with E-state index in [1.54, 1.807) is 18.2 Å². The number of rotatable bonds is 3. The number of hydrogen-bond donors (Lipinski definition) is 3. The number of ether oxygens (including phenoxy) is 1. The van der Waals surface area contributed by atoms with Crippen LogP contribution in [0.25, 0.3) is 0 Å². The van der Waals surface area contributed by atoms with E-state index in [0.717, 1.165) is 4.47 Å². The van der Waals surface area contributed by atoms with E-state index in [0.29, 0.717) is 5.75 Å². The lowest BCUT2D eigenvalue weighted by Gasteiger charge is -2.07. The van der Waals surface area contributed by atoms with E-state index >= 15 is 0 Å². The van der Waals surface area contributed by atoms with E-state index < -0.39 is 5.82 Å². The van der Waals surface area contributed by atoms with Crippen LogP contribution >= 0.6 is 15.9 Å². The second-order valence-electron chi connectivity index (χ2n) is 4.18. The van der Waals surface area contributed by atoms with Gasteiger partial charge in [-0.15, -0.1) is 0 Å². The van der Waals surface area contributed by atoms with Gasteiger partial charge in [-0.05, 0) is 30.3 Å². The first kappa shape index (κ1) is 15.8. The largest absolute Gasteiger partial charge is 0.454 e. The van der Waals surface area contributed by atoms with Crippen LogP contribution in [0, 0.1) is 5.82 Å². The molecule has 6 N–H and O–H groups in total. The molecule has 6 nitrogen and oxygen atoms in total. The van der Waals surface area contributed by atoms with E-state index in [-0.39, 0.29) is 23.4 Å². The molecule has 22 heavy (non-hydrogen) atoms. The maximum absolute atomic E-state index is 14.0. The molecule has 114 valence electrons. The minimum absolute atomic E-state index is 0.0671. The number of nitrogens with zero attached hydrogens (tertiary/aromatic N) is 2. The molecule has 0 spiro atoms. The summed E-state index contributed by atoms with van der Waals surface area (Å²) in [4.78, 5) is 7.41. The van der Waals surface area contributed by atoms with Gasteiger partial charge in [-0.1, -0.05) is 22.0 Å². The molecule has 0 amide bonds. The van der Waals surface area contributed by atoms with Crippen LogP contribution in [0.4, 0.5) is 10.1 Å². The van der Waals surface area contributed by atoms with Crippen molar-refractivity contribution in [3.05, 3.63) is 52.8 Å². The fraction of sp³-hybridized carbons (Fsp3) is 0. The molecule has 0 heterocycles. The number of nitrogens with two attached hydrogens (primary N) is 3. The highest BCUT2D eigenvalue weighted by Gasteiger charge is 2.06. The number of benzene rings is 2. The Hall–Kier alpha value is -2.61. The van der Waals surface area contributed by atoms with Crippen molar-refractivity contribution >= 4 is 33.5 Å². The van der Waals surface area contributed by atoms with Crippen LogP contribution in [0.3, 0.4) is 0 Å². The van der Waals surface area contributed by atoms with Gasteiger partial charge in [0.25, 0.3) is 0 Å². The number of halogens is 2. The van der Waals surface area contributed by atoms with Gasteiger partial charge in [-0.25, -0.2) is 9.38 Å². The highest BCUT2D eigenvalue weighted by atomic mass is 79.9. The van der Waals surface area contributed by atoms with E-state index in [1.165, 1.54) is 18.2 Å². The van der Waals surface area contributed by atoms with Crippen LogP contribution in [0.1, 0.15) is 0 Å². The smallest absolute Gasteiger partial charge is 0.223 e. The SMILES string of the molecule is NC(N)=NC(N)=Nc1ccc(Oc2cccc(Br)c2)c(F)c1.